The molecule has 1 aromatic heterocycles. The molecule has 0 atom stereocenters. The molecule has 1 saturated carbocycles. The predicted octanol–water partition coefficient (Wildman–Crippen LogP) is 0.585. The zero-order valence-electron chi connectivity index (χ0n) is 14.7. The smallest absolute Gasteiger partial charge is 0.258 e. The molecule has 1 aliphatic carbocycles. The lowest BCUT2D eigenvalue weighted by molar-refractivity contribution is -0.122. The Hall–Kier alpha value is -2.30. The highest BCUT2D eigenvalue weighted by molar-refractivity contribution is 7.89. The van der Waals surface area contributed by atoms with Crippen LogP contribution in [0.2, 0.25) is 0 Å². The Morgan fingerprint density at radius 2 is 2.04 bits per heavy atom. The third-order valence-electron chi connectivity index (χ3n) is 5.09. The molecule has 144 valence electrons. The molecule has 0 unspecified atom stereocenters. The van der Waals surface area contributed by atoms with Crippen LogP contribution >= 0.6 is 0 Å². The number of sulfonamides is 1. The third kappa shape index (κ3) is 3.35. The van der Waals surface area contributed by atoms with Crippen molar-refractivity contribution in [3.8, 4) is 11.5 Å². The number of carbonyl (C=O) groups excluding carboxylic acids is 1. The number of benzene rings is 1. The van der Waals surface area contributed by atoms with Crippen LogP contribution in [0, 0.1) is 0 Å². The van der Waals surface area contributed by atoms with Gasteiger partial charge in [0.1, 0.15) is 0 Å². The first-order chi connectivity index (χ1) is 12.9. The van der Waals surface area contributed by atoms with Gasteiger partial charge in [0.2, 0.25) is 15.9 Å². The van der Waals surface area contributed by atoms with Gasteiger partial charge in [0.25, 0.3) is 5.89 Å². The summed E-state index contributed by atoms with van der Waals surface area (Å²) in [5.74, 6) is 0.374. The Morgan fingerprint density at radius 3 is 2.78 bits per heavy atom. The molecule has 1 aliphatic heterocycles. The SMILES string of the molecule is NC1(c2noc(-c3cccc(S(=O)(=O)N4CCNC(=O)C4)c3)n2)CCCC1. The number of aromatic nitrogens is 2. The van der Waals surface area contributed by atoms with Gasteiger partial charge in [0.05, 0.1) is 17.0 Å². The molecular weight excluding hydrogens is 370 g/mol. The van der Waals surface area contributed by atoms with Gasteiger partial charge in [-0.2, -0.15) is 9.29 Å². The van der Waals surface area contributed by atoms with Gasteiger partial charge in [-0.15, -0.1) is 0 Å². The van der Waals surface area contributed by atoms with Gasteiger partial charge >= 0.3 is 0 Å². The standard InChI is InChI=1S/C17H21N5O4S/c18-17(6-1-2-7-17)16-20-15(26-21-16)12-4-3-5-13(10-12)27(24,25)22-9-8-19-14(23)11-22/h3-5,10H,1-2,6-9,11,18H2,(H,19,23). The van der Waals surface area contributed by atoms with Crippen LogP contribution in [0.25, 0.3) is 11.5 Å². The summed E-state index contributed by atoms with van der Waals surface area (Å²) in [6, 6.07) is 6.29. The van der Waals surface area contributed by atoms with Crippen molar-refractivity contribution in [1.29, 1.82) is 0 Å². The van der Waals surface area contributed by atoms with Gasteiger partial charge in [0.15, 0.2) is 5.82 Å². The summed E-state index contributed by atoms with van der Waals surface area (Å²) in [6.45, 7) is 0.342. The number of carbonyl (C=O) groups is 1. The van der Waals surface area contributed by atoms with Crippen LogP contribution in [0.1, 0.15) is 31.5 Å². The number of nitrogens with two attached hydrogens (primary N) is 1. The minimum Gasteiger partial charge on any atom is -0.354 e. The topological polar surface area (TPSA) is 131 Å². The van der Waals surface area contributed by atoms with Crippen molar-refractivity contribution < 1.29 is 17.7 Å². The molecule has 2 heterocycles. The van der Waals surface area contributed by atoms with Gasteiger partial charge in [-0.25, -0.2) is 8.42 Å². The number of piperazine rings is 1. The van der Waals surface area contributed by atoms with Gasteiger partial charge in [0, 0.05) is 18.7 Å². The predicted molar refractivity (Wildman–Crippen MR) is 95.8 cm³/mol. The molecule has 2 fully saturated rings. The first kappa shape index (κ1) is 18.1. The minimum absolute atomic E-state index is 0.0813. The summed E-state index contributed by atoms with van der Waals surface area (Å²) >= 11 is 0. The van der Waals surface area contributed by atoms with E-state index in [4.69, 9.17) is 10.3 Å². The lowest BCUT2D eigenvalue weighted by Gasteiger charge is -2.25. The van der Waals surface area contributed by atoms with E-state index in [1.54, 1.807) is 12.1 Å². The average Bonchev–Trinajstić information content (AvgIpc) is 3.32. The number of hydrogen-bond donors (Lipinski definition) is 2. The summed E-state index contributed by atoms with van der Waals surface area (Å²) in [6.07, 6.45) is 3.66. The maximum absolute atomic E-state index is 12.8. The van der Waals surface area contributed by atoms with E-state index in [-0.39, 0.29) is 29.8 Å². The molecule has 0 bridgehead atoms. The van der Waals surface area contributed by atoms with Gasteiger partial charge in [-0.1, -0.05) is 24.1 Å². The van der Waals surface area contributed by atoms with Crippen LogP contribution in [0.3, 0.4) is 0 Å². The molecule has 0 spiro atoms. The Labute approximate surface area is 157 Å². The molecule has 0 radical (unpaired) electrons. The normalized spacial score (nSPS) is 20.6. The van der Waals surface area contributed by atoms with Crippen molar-refractivity contribution in [2.24, 2.45) is 5.73 Å². The van der Waals surface area contributed by atoms with Crippen molar-refractivity contribution in [3.05, 3.63) is 30.1 Å². The average molecular weight is 391 g/mol. The van der Waals surface area contributed by atoms with Gasteiger partial charge in [-0.05, 0) is 31.0 Å². The first-order valence-corrected chi connectivity index (χ1v) is 10.3. The Bertz CT molecular complexity index is 965. The maximum Gasteiger partial charge on any atom is 0.258 e. The molecule has 27 heavy (non-hydrogen) atoms. The van der Waals surface area contributed by atoms with Crippen LogP contribution in [0.15, 0.2) is 33.7 Å². The number of hydrogen-bond acceptors (Lipinski definition) is 7. The van der Waals surface area contributed by atoms with E-state index < -0.39 is 15.6 Å². The fraction of sp³-hybridized carbons (Fsp3) is 0.471. The van der Waals surface area contributed by atoms with Crippen molar-refractivity contribution in [1.82, 2.24) is 19.8 Å². The second-order valence-corrected chi connectivity index (χ2v) is 8.94. The fourth-order valence-corrected chi connectivity index (χ4v) is 4.97. The van der Waals surface area contributed by atoms with Crippen LogP contribution in [-0.2, 0) is 20.4 Å². The van der Waals surface area contributed by atoms with Crippen molar-refractivity contribution in [3.63, 3.8) is 0 Å². The quantitative estimate of drug-likeness (QED) is 0.779. The first-order valence-electron chi connectivity index (χ1n) is 8.89. The van der Waals surface area contributed by atoms with E-state index in [0.717, 1.165) is 30.0 Å². The molecule has 3 N–H and O–H groups in total. The molecule has 9 nitrogen and oxygen atoms in total. The lowest BCUT2D eigenvalue weighted by Crippen LogP contribution is -2.49. The van der Waals surface area contributed by atoms with Crippen LogP contribution in [0.5, 0.6) is 0 Å². The van der Waals surface area contributed by atoms with Crippen molar-refractivity contribution in [2.45, 2.75) is 36.1 Å². The van der Waals surface area contributed by atoms with E-state index in [9.17, 15) is 13.2 Å². The monoisotopic (exact) mass is 391 g/mol. The highest BCUT2D eigenvalue weighted by Crippen LogP contribution is 2.35. The van der Waals surface area contributed by atoms with Crippen LogP contribution < -0.4 is 11.1 Å². The second kappa shape index (κ2) is 6.70. The highest BCUT2D eigenvalue weighted by Gasteiger charge is 2.36. The van der Waals surface area contributed by atoms with E-state index in [0.29, 0.717) is 17.9 Å². The Morgan fingerprint density at radius 1 is 1.26 bits per heavy atom. The Kier molecular flexibility index (Phi) is 4.49. The summed E-state index contributed by atoms with van der Waals surface area (Å²) in [4.78, 5) is 16.0. The molecule has 1 saturated heterocycles. The molecule has 1 amide bonds. The molecule has 10 heteroatoms. The molecule has 1 aromatic carbocycles. The van der Waals surface area contributed by atoms with E-state index >= 15 is 0 Å². The van der Waals surface area contributed by atoms with E-state index in [2.05, 4.69) is 15.5 Å². The number of nitrogens with one attached hydrogen (secondary N) is 1. The molecule has 2 aromatic rings. The van der Waals surface area contributed by atoms with Crippen molar-refractivity contribution >= 4 is 15.9 Å². The largest absolute Gasteiger partial charge is 0.354 e. The minimum atomic E-state index is -3.79. The zero-order valence-corrected chi connectivity index (χ0v) is 15.5. The van der Waals surface area contributed by atoms with Crippen LogP contribution in [-0.4, -0.2) is 48.4 Å². The summed E-state index contributed by atoms with van der Waals surface area (Å²) in [5.41, 5.74) is 6.28. The van der Waals surface area contributed by atoms with E-state index in [1.165, 1.54) is 12.1 Å². The van der Waals surface area contributed by atoms with E-state index in [1.807, 2.05) is 0 Å². The maximum atomic E-state index is 12.8. The third-order valence-corrected chi connectivity index (χ3v) is 6.93. The highest BCUT2D eigenvalue weighted by atomic mass is 32.2. The summed E-state index contributed by atoms with van der Waals surface area (Å²) in [7, 11) is -3.79. The van der Waals surface area contributed by atoms with Gasteiger partial charge < -0.3 is 15.6 Å². The second-order valence-electron chi connectivity index (χ2n) is 7.00. The zero-order chi connectivity index (χ0) is 19.1. The Balaban J connectivity index is 1.63. The summed E-state index contributed by atoms with van der Waals surface area (Å²) in [5, 5.41) is 6.63. The molecule has 2 aliphatic rings. The fourth-order valence-electron chi connectivity index (χ4n) is 3.53. The van der Waals surface area contributed by atoms with Crippen LogP contribution in [0.4, 0.5) is 0 Å². The molecule has 4 rings (SSSR count). The number of rotatable bonds is 4. The van der Waals surface area contributed by atoms with Crippen molar-refractivity contribution in [2.75, 3.05) is 19.6 Å². The lowest BCUT2D eigenvalue weighted by atomic mass is 9.99. The number of amides is 1. The summed E-state index contributed by atoms with van der Waals surface area (Å²) < 4.78 is 32.2. The molecular formula is C17H21N5O4S. The number of nitrogens with zero attached hydrogens (tertiary/aromatic N) is 3. The van der Waals surface area contributed by atoms with Gasteiger partial charge in [-0.3, -0.25) is 4.79 Å².